The number of nitrogens with zero attached hydrogens (tertiary/aromatic N) is 2. The molecule has 4 rings (SSSR count). The summed E-state index contributed by atoms with van der Waals surface area (Å²) >= 11 is 0. The number of amides is 3. The molecule has 0 radical (unpaired) electrons. The standard InChI is InChI=1S/C21H28N4O19P2/c26-6-8-15(31)17(33)14(22-11(28)5-25-12(29)1-2-13(25)30)20(42-8)43-46(38,39)44-45(36,37)40-7-9-16(32)18(34)19(41-9)24-4-3-10(27)23-21(24)35/h1-4,8-9,14-20,26,31-34H,5-7H2,(H,22,28)(H,36,37)(H,38,39)(H,23,27,35)/p-2. The van der Waals surface area contributed by atoms with Gasteiger partial charge in [-0.2, -0.15) is 0 Å². The smallest absolute Gasteiger partial charge is 0.330 e. The number of aliphatic hydroxyl groups excluding tert-OH is 5. The van der Waals surface area contributed by atoms with Gasteiger partial charge in [-0.3, -0.25) is 47.3 Å². The van der Waals surface area contributed by atoms with Gasteiger partial charge in [0.1, 0.15) is 49.2 Å². The van der Waals surface area contributed by atoms with Crippen LogP contribution in [0.25, 0.3) is 0 Å². The van der Waals surface area contributed by atoms with Crippen LogP contribution < -0.4 is 26.4 Å². The van der Waals surface area contributed by atoms with Crippen LogP contribution in [-0.2, 0) is 46.3 Å². The normalized spacial score (nSPS) is 34.0. The van der Waals surface area contributed by atoms with E-state index in [0.717, 1.165) is 24.4 Å². The lowest BCUT2D eigenvalue weighted by molar-refractivity contribution is -0.285. The van der Waals surface area contributed by atoms with E-state index in [9.17, 15) is 68.4 Å². The molecule has 1 aromatic rings. The second kappa shape index (κ2) is 14.0. The van der Waals surface area contributed by atoms with E-state index in [0.29, 0.717) is 9.47 Å². The third kappa shape index (κ3) is 8.10. The summed E-state index contributed by atoms with van der Waals surface area (Å²) in [4.78, 5) is 86.4. The van der Waals surface area contributed by atoms with Crippen LogP contribution in [-0.4, -0.2) is 126 Å². The first-order chi connectivity index (χ1) is 21.4. The van der Waals surface area contributed by atoms with Crippen molar-refractivity contribution in [2.75, 3.05) is 19.8 Å². The number of carbonyl (C=O) groups excluding carboxylic acids is 3. The number of aromatic amines is 1. The second-order valence-electron chi connectivity index (χ2n) is 9.84. The zero-order valence-corrected chi connectivity index (χ0v) is 24.7. The molecule has 4 heterocycles. The molecular weight excluding hydrogens is 674 g/mol. The van der Waals surface area contributed by atoms with Crippen molar-refractivity contribution in [1.82, 2.24) is 19.8 Å². The average molecular weight is 700 g/mol. The van der Waals surface area contributed by atoms with Gasteiger partial charge in [0.05, 0.1) is 13.2 Å². The molecule has 1 aromatic heterocycles. The molecule has 3 amide bonds. The van der Waals surface area contributed by atoms with Crippen molar-refractivity contribution in [1.29, 1.82) is 0 Å². The third-order valence-electron chi connectivity index (χ3n) is 6.70. The summed E-state index contributed by atoms with van der Waals surface area (Å²) in [5, 5.41) is 52.5. The molecule has 3 aliphatic rings. The highest BCUT2D eigenvalue weighted by Crippen LogP contribution is 2.57. The van der Waals surface area contributed by atoms with Gasteiger partial charge in [-0.25, -0.2) is 9.11 Å². The molecule has 0 aliphatic carbocycles. The van der Waals surface area contributed by atoms with Gasteiger partial charge in [0.2, 0.25) is 5.91 Å². The Morgan fingerprint density at radius 2 is 1.59 bits per heavy atom. The van der Waals surface area contributed by atoms with Gasteiger partial charge >= 0.3 is 5.69 Å². The molecule has 23 nitrogen and oxygen atoms in total. The van der Waals surface area contributed by atoms with E-state index in [-0.39, 0.29) is 0 Å². The molecule has 25 heteroatoms. The first-order valence-electron chi connectivity index (χ1n) is 12.9. The molecule has 0 bridgehead atoms. The van der Waals surface area contributed by atoms with Crippen LogP contribution in [0.4, 0.5) is 0 Å². The number of hydrogen-bond donors (Lipinski definition) is 7. The monoisotopic (exact) mass is 700 g/mol. The van der Waals surface area contributed by atoms with Crippen molar-refractivity contribution in [3.05, 3.63) is 45.3 Å². The summed E-state index contributed by atoms with van der Waals surface area (Å²) in [6.45, 7) is -3.15. The van der Waals surface area contributed by atoms with E-state index >= 15 is 0 Å². The van der Waals surface area contributed by atoms with Crippen LogP contribution in [0.15, 0.2) is 34.0 Å². The highest BCUT2D eigenvalue weighted by Gasteiger charge is 2.48. The zero-order chi connectivity index (χ0) is 34.1. The largest absolute Gasteiger partial charge is 0.756 e. The number of carbonyl (C=O) groups is 3. The highest BCUT2D eigenvalue weighted by atomic mass is 31.3. The van der Waals surface area contributed by atoms with Crippen LogP contribution >= 0.6 is 15.6 Å². The summed E-state index contributed by atoms with van der Waals surface area (Å²) in [6.07, 6.45) is -12.7. The minimum atomic E-state index is -6.12. The fourth-order valence-electron chi connectivity index (χ4n) is 4.47. The molecule has 11 atom stereocenters. The maximum Gasteiger partial charge on any atom is 0.330 e. The molecule has 0 spiro atoms. The van der Waals surface area contributed by atoms with Crippen molar-refractivity contribution in [3.63, 3.8) is 0 Å². The van der Waals surface area contributed by atoms with Crippen LogP contribution in [0, 0.1) is 0 Å². The maximum atomic E-state index is 12.5. The molecule has 0 saturated carbocycles. The summed E-state index contributed by atoms with van der Waals surface area (Å²) in [7, 11) is -12.1. The number of nitrogens with one attached hydrogen (secondary N) is 2. The SMILES string of the molecule is O=C(CN1C(=O)C=CC1=O)NC1C(OP(=O)([O-])OP(=O)([O-])OCC2OC(n3ccc(=O)[nH]c3=O)C(O)C2O)OC(CO)C(O)C1O. The summed E-state index contributed by atoms with van der Waals surface area (Å²) in [5.74, 6) is -2.94. The average Bonchev–Trinajstić information content (AvgIpc) is 3.43. The van der Waals surface area contributed by atoms with E-state index < -0.39 is 120 Å². The molecule has 256 valence electrons. The fraction of sp³-hybridized carbons (Fsp3) is 0.571. The van der Waals surface area contributed by atoms with Gasteiger partial charge in [-0.05, 0) is 0 Å². The van der Waals surface area contributed by atoms with E-state index in [4.69, 9.17) is 9.47 Å². The molecule has 11 unspecified atom stereocenters. The van der Waals surface area contributed by atoms with Gasteiger partial charge in [-0.1, -0.05) is 0 Å². The number of H-pyrrole nitrogens is 1. The van der Waals surface area contributed by atoms with Gasteiger partial charge in [0.15, 0.2) is 12.5 Å². The van der Waals surface area contributed by atoms with Gasteiger partial charge in [0, 0.05) is 24.4 Å². The number of hydrogen-bond acceptors (Lipinski definition) is 19. The van der Waals surface area contributed by atoms with Crippen LogP contribution in [0.3, 0.4) is 0 Å². The van der Waals surface area contributed by atoms with Crippen LogP contribution in [0.1, 0.15) is 6.23 Å². The highest BCUT2D eigenvalue weighted by molar-refractivity contribution is 7.59. The second-order valence-corrected chi connectivity index (χ2v) is 12.7. The van der Waals surface area contributed by atoms with E-state index in [1.807, 2.05) is 10.3 Å². The Balaban J connectivity index is 1.41. The van der Waals surface area contributed by atoms with Crippen LogP contribution in [0.5, 0.6) is 0 Å². The Hall–Kier alpha value is -2.99. The molecule has 2 fully saturated rings. The molecule has 2 saturated heterocycles. The van der Waals surface area contributed by atoms with Crippen molar-refractivity contribution in [2.24, 2.45) is 0 Å². The molecule has 3 aliphatic heterocycles. The number of aromatic nitrogens is 2. The number of phosphoric ester groups is 2. The Morgan fingerprint density at radius 1 is 0.957 bits per heavy atom. The third-order valence-corrected chi connectivity index (χ3v) is 9.23. The van der Waals surface area contributed by atoms with E-state index in [1.165, 1.54) is 0 Å². The fourth-order valence-corrected chi connectivity index (χ4v) is 6.56. The summed E-state index contributed by atoms with van der Waals surface area (Å²) in [5.41, 5.74) is -1.84. The number of phosphoric acid groups is 2. The predicted molar refractivity (Wildman–Crippen MR) is 136 cm³/mol. The zero-order valence-electron chi connectivity index (χ0n) is 22.9. The molecule has 7 N–H and O–H groups in total. The number of imide groups is 1. The lowest BCUT2D eigenvalue weighted by atomic mass is 9.97. The summed E-state index contributed by atoms with van der Waals surface area (Å²) < 4.78 is 48.8. The van der Waals surface area contributed by atoms with Gasteiger partial charge in [-0.15, -0.1) is 0 Å². The Labute approximate surface area is 255 Å². The van der Waals surface area contributed by atoms with Crippen molar-refractivity contribution in [3.8, 4) is 0 Å². The van der Waals surface area contributed by atoms with E-state index in [2.05, 4.69) is 13.4 Å². The lowest BCUT2D eigenvalue weighted by Crippen LogP contribution is -2.65. The topological polar surface area (TPSA) is 349 Å². The first-order valence-corrected chi connectivity index (χ1v) is 15.8. The van der Waals surface area contributed by atoms with Crippen molar-refractivity contribution in [2.45, 2.75) is 55.2 Å². The minimum Gasteiger partial charge on any atom is -0.756 e. The number of aliphatic hydroxyl groups is 5. The first kappa shape index (κ1) is 35.9. The quantitative estimate of drug-likeness (QED) is 0.0786. The van der Waals surface area contributed by atoms with Crippen LogP contribution in [0.2, 0.25) is 0 Å². The Bertz CT molecular complexity index is 1560. The molecule has 0 aromatic carbocycles. The minimum absolute atomic E-state index is 0.464. The maximum absolute atomic E-state index is 12.5. The molecule has 46 heavy (non-hydrogen) atoms. The summed E-state index contributed by atoms with van der Waals surface area (Å²) in [6, 6.07) is -1.14. The predicted octanol–water partition coefficient (Wildman–Crippen LogP) is -7.01. The Morgan fingerprint density at radius 3 is 2.20 bits per heavy atom. The van der Waals surface area contributed by atoms with E-state index in [1.54, 1.807) is 0 Å². The number of rotatable bonds is 12. The van der Waals surface area contributed by atoms with Gasteiger partial charge < -0.3 is 54.6 Å². The molecular formula is C21H26N4O19P2-2. The number of ether oxygens (including phenoxy) is 2. The Kier molecular flexibility index (Phi) is 10.9. The van der Waals surface area contributed by atoms with Crippen molar-refractivity contribution >= 4 is 33.4 Å². The lowest BCUT2D eigenvalue weighted by Gasteiger charge is -2.44. The van der Waals surface area contributed by atoms with Crippen molar-refractivity contribution < 1.29 is 81.7 Å². The van der Waals surface area contributed by atoms with Gasteiger partial charge in [0.25, 0.3) is 33.0 Å².